The average molecular weight is 345 g/mol. The monoisotopic (exact) mass is 345 g/mol. The average Bonchev–Trinajstić information content (AvgIpc) is 2.57. The van der Waals surface area contributed by atoms with Crippen LogP contribution in [0.1, 0.15) is 30.6 Å². The summed E-state index contributed by atoms with van der Waals surface area (Å²) in [5, 5.41) is 0.265. The van der Waals surface area contributed by atoms with Gasteiger partial charge in [0.2, 0.25) is 0 Å². The number of pyridine rings is 1. The second kappa shape index (κ2) is 6.79. The molecule has 1 unspecified atom stereocenters. The number of carbonyl (C=O) groups excluding carboxylic acids is 1. The number of nitrogens with zero attached hydrogens (tertiary/aromatic N) is 4. The van der Waals surface area contributed by atoms with E-state index in [1.165, 1.54) is 10.8 Å². The Balaban J connectivity index is 2.03. The van der Waals surface area contributed by atoms with E-state index in [-0.39, 0.29) is 17.3 Å². The van der Waals surface area contributed by atoms with Gasteiger partial charge in [-0.2, -0.15) is 0 Å². The fourth-order valence-electron chi connectivity index (χ4n) is 3.32. The molecule has 0 radical (unpaired) electrons. The van der Waals surface area contributed by atoms with Crippen molar-refractivity contribution in [2.45, 2.75) is 32.9 Å². The summed E-state index contributed by atoms with van der Waals surface area (Å²) in [6.07, 6.45) is 2.20. The molecule has 1 aliphatic heterocycles. The number of aromatic amines is 1. The summed E-state index contributed by atoms with van der Waals surface area (Å²) in [7, 11) is 2.03. The lowest BCUT2D eigenvalue weighted by atomic mass is 10.1. The summed E-state index contributed by atoms with van der Waals surface area (Å²) in [4.78, 5) is 47.5. The number of aromatic nitrogens is 3. The highest BCUT2D eigenvalue weighted by atomic mass is 16.2. The summed E-state index contributed by atoms with van der Waals surface area (Å²) in [6.45, 7) is 6.67. The molecule has 1 amide bonds. The Hall–Kier alpha value is -2.48. The Morgan fingerprint density at radius 3 is 2.80 bits per heavy atom. The van der Waals surface area contributed by atoms with Gasteiger partial charge in [0, 0.05) is 38.4 Å². The van der Waals surface area contributed by atoms with E-state index in [9.17, 15) is 14.4 Å². The maximum atomic E-state index is 12.8. The molecule has 1 fully saturated rings. The van der Waals surface area contributed by atoms with Crippen LogP contribution in [0.3, 0.4) is 0 Å². The predicted molar refractivity (Wildman–Crippen MR) is 94.9 cm³/mol. The van der Waals surface area contributed by atoms with Gasteiger partial charge >= 0.3 is 5.69 Å². The van der Waals surface area contributed by atoms with E-state index in [0.29, 0.717) is 24.3 Å². The van der Waals surface area contributed by atoms with Crippen molar-refractivity contribution >= 4 is 16.9 Å². The Kier molecular flexibility index (Phi) is 4.71. The summed E-state index contributed by atoms with van der Waals surface area (Å²) in [5.74, 6) is -0.136. The van der Waals surface area contributed by atoms with Crippen LogP contribution in [-0.4, -0.2) is 63.0 Å². The van der Waals surface area contributed by atoms with Crippen LogP contribution in [0.25, 0.3) is 11.0 Å². The van der Waals surface area contributed by atoms with Crippen molar-refractivity contribution in [1.82, 2.24) is 24.3 Å². The minimum Gasteiger partial charge on any atom is -0.333 e. The molecule has 0 bridgehead atoms. The normalized spacial score (nSPS) is 18.7. The summed E-state index contributed by atoms with van der Waals surface area (Å²) >= 11 is 0. The predicted octanol–water partition coefficient (Wildman–Crippen LogP) is 0.271. The van der Waals surface area contributed by atoms with Crippen molar-refractivity contribution in [3.8, 4) is 0 Å². The molecule has 8 heteroatoms. The molecule has 1 N–H and O–H groups in total. The van der Waals surface area contributed by atoms with Gasteiger partial charge in [0.05, 0.1) is 10.9 Å². The van der Waals surface area contributed by atoms with Crippen molar-refractivity contribution in [2.24, 2.45) is 0 Å². The number of hydrogen-bond acceptors (Lipinski definition) is 5. The van der Waals surface area contributed by atoms with Gasteiger partial charge in [-0.1, -0.05) is 6.92 Å². The highest BCUT2D eigenvalue weighted by Gasteiger charge is 2.27. The number of piperazine rings is 1. The Morgan fingerprint density at radius 1 is 1.36 bits per heavy atom. The molecule has 3 heterocycles. The van der Waals surface area contributed by atoms with E-state index < -0.39 is 11.2 Å². The summed E-state index contributed by atoms with van der Waals surface area (Å²) < 4.78 is 1.43. The van der Waals surface area contributed by atoms with Crippen molar-refractivity contribution in [2.75, 3.05) is 26.7 Å². The fourth-order valence-corrected chi connectivity index (χ4v) is 3.32. The van der Waals surface area contributed by atoms with Crippen LogP contribution in [0.5, 0.6) is 0 Å². The second-order valence-corrected chi connectivity index (χ2v) is 6.62. The number of aryl methyl sites for hydroxylation is 1. The number of H-pyrrole nitrogens is 1. The molecule has 3 rings (SSSR count). The first-order chi connectivity index (χ1) is 11.9. The zero-order valence-electron chi connectivity index (χ0n) is 14.8. The molecule has 0 aromatic carbocycles. The molecule has 1 aliphatic rings. The highest BCUT2D eigenvalue weighted by Crippen LogP contribution is 2.15. The minimum atomic E-state index is -0.513. The molecule has 0 saturated carbocycles. The van der Waals surface area contributed by atoms with E-state index in [1.807, 2.05) is 20.9 Å². The standard InChI is InChI=1S/C17H23N5O3/c1-4-5-22-14-13(15(23)19-17(22)25)8-12(9-18-14)16(24)21-7-6-20(3)10-11(21)2/h8-9,11H,4-7,10H2,1-3H3,(H,19,23,25). The van der Waals surface area contributed by atoms with Crippen molar-refractivity contribution in [3.63, 3.8) is 0 Å². The number of amides is 1. The van der Waals surface area contributed by atoms with Crippen molar-refractivity contribution in [3.05, 3.63) is 38.7 Å². The van der Waals surface area contributed by atoms with Crippen LogP contribution in [0.4, 0.5) is 0 Å². The molecule has 2 aromatic heterocycles. The third-order valence-electron chi connectivity index (χ3n) is 4.62. The smallest absolute Gasteiger partial charge is 0.329 e. The number of carbonyl (C=O) groups is 1. The summed E-state index contributed by atoms with van der Waals surface area (Å²) in [6, 6.07) is 1.63. The number of fused-ring (bicyclic) bond motifs is 1. The lowest BCUT2D eigenvalue weighted by Crippen LogP contribution is -2.52. The molecule has 1 saturated heterocycles. The third kappa shape index (κ3) is 3.21. The molecular weight excluding hydrogens is 322 g/mol. The van der Waals surface area contributed by atoms with Gasteiger partial charge in [-0.3, -0.25) is 19.1 Å². The van der Waals surface area contributed by atoms with Crippen LogP contribution in [0.2, 0.25) is 0 Å². The Bertz CT molecular complexity index is 917. The molecule has 134 valence electrons. The SMILES string of the molecule is CCCn1c(=O)[nH]c(=O)c2cc(C(=O)N3CCN(C)CC3C)cnc21. The molecule has 25 heavy (non-hydrogen) atoms. The van der Waals surface area contributed by atoms with Crippen molar-refractivity contribution in [1.29, 1.82) is 0 Å². The number of nitrogens with one attached hydrogen (secondary N) is 1. The Labute approximate surface area is 145 Å². The maximum absolute atomic E-state index is 12.8. The highest BCUT2D eigenvalue weighted by molar-refractivity contribution is 5.97. The van der Waals surface area contributed by atoms with E-state index in [0.717, 1.165) is 19.5 Å². The topological polar surface area (TPSA) is 91.3 Å². The first-order valence-electron chi connectivity index (χ1n) is 8.54. The van der Waals surface area contributed by atoms with Crippen LogP contribution in [0, 0.1) is 0 Å². The quantitative estimate of drug-likeness (QED) is 0.862. The number of hydrogen-bond donors (Lipinski definition) is 1. The first kappa shape index (κ1) is 17.3. The van der Waals surface area contributed by atoms with Crippen LogP contribution >= 0.6 is 0 Å². The third-order valence-corrected chi connectivity index (χ3v) is 4.62. The largest absolute Gasteiger partial charge is 0.333 e. The van der Waals surface area contributed by atoms with Crippen LogP contribution < -0.4 is 11.2 Å². The molecule has 0 aliphatic carbocycles. The number of rotatable bonds is 3. The van der Waals surface area contributed by atoms with Gasteiger partial charge < -0.3 is 9.80 Å². The Morgan fingerprint density at radius 2 is 2.12 bits per heavy atom. The minimum absolute atomic E-state index is 0.0919. The number of likely N-dealkylation sites (N-methyl/N-ethyl adjacent to an activating group) is 1. The second-order valence-electron chi connectivity index (χ2n) is 6.62. The summed E-state index contributed by atoms with van der Waals surface area (Å²) in [5.41, 5.74) is -0.297. The maximum Gasteiger partial charge on any atom is 0.329 e. The van der Waals surface area contributed by atoms with Crippen LogP contribution in [-0.2, 0) is 6.54 Å². The van der Waals surface area contributed by atoms with Gasteiger partial charge in [0.15, 0.2) is 0 Å². The van der Waals surface area contributed by atoms with Crippen LogP contribution in [0.15, 0.2) is 21.9 Å². The van der Waals surface area contributed by atoms with E-state index in [1.54, 1.807) is 11.0 Å². The zero-order chi connectivity index (χ0) is 18.1. The van der Waals surface area contributed by atoms with Gasteiger partial charge in [-0.15, -0.1) is 0 Å². The van der Waals surface area contributed by atoms with E-state index in [4.69, 9.17) is 0 Å². The first-order valence-corrected chi connectivity index (χ1v) is 8.54. The molecular formula is C17H23N5O3. The van der Waals surface area contributed by atoms with E-state index in [2.05, 4.69) is 14.9 Å². The lowest BCUT2D eigenvalue weighted by molar-refractivity contribution is 0.0533. The van der Waals surface area contributed by atoms with Gasteiger partial charge in [-0.05, 0) is 26.5 Å². The van der Waals surface area contributed by atoms with Crippen molar-refractivity contribution < 1.29 is 4.79 Å². The van der Waals surface area contributed by atoms with E-state index >= 15 is 0 Å². The lowest BCUT2D eigenvalue weighted by Gasteiger charge is -2.38. The molecule has 0 spiro atoms. The fraction of sp³-hybridized carbons (Fsp3) is 0.529. The molecule has 1 atom stereocenters. The molecule has 2 aromatic rings. The zero-order valence-corrected chi connectivity index (χ0v) is 14.8. The van der Waals surface area contributed by atoms with Gasteiger partial charge in [-0.25, -0.2) is 9.78 Å². The van der Waals surface area contributed by atoms with Gasteiger partial charge in [0.1, 0.15) is 5.65 Å². The molecule has 8 nitrogen and oxygen atoms in total. The van der Waals surface area contributed by atoms with Gasteiger partial charge in [0.25, 0.3) is 11.5 Å².